The second kappa shape index (κ2) is 5.49. The van der Waals surface area contributed by atoms with Crippen LogP contribution in [0.4, 0.5) is 11.4 Å². The summed E-state index contributed by atoms with van der Waals surface area (Å²) in [5.74, 6) is 0. The number of fused-ring (bicyclic) bond motifs is 1. The van der Waals surface area contributed by atoms with Crippen molar-refractivity contribution in [3.63, 3.8) is 0 Å². The maximum atomic E-state index is 9.26. The van der Waals surface area contributed by atoms with E-state index in [0.717, 1.165) is 36.2 Å². The van der Waals surface area contributed by atoms with Crippen LogP contribution in [0.1, 0.15) is 41.1 Å². The molecule has 106 valence electrons. The molecule has 2 aromatic carbocycles. The zero-order valence-electron chi connectivity index (χ0n) is 12.2. The lowest BCUT2D eigenvalue weighted by Gasteiger charge is -2.28. The molecule has 1 aliphatic carbocycles. The van der Waals surface area contributed by atoms with Crippen molar-refractivity contribution in [3.8, 4) is 6.07 Å². The summed E-state index contributed by atoms with van der Waals surface area (Å²) >= 11 is 0. The fraction of sp³-hybridized carbons (Fsp3) is 0.278. The molecule has 3 heteroatoms. The summed E-state index contributed by atoms with van der Waals surface area (Å²) in [5, 5.41) is 12.8. The number of hydrogen-bond donors (Lipinski definition) is 2. The molecule has 3 nitrogen and oxygen atoms in total. The van der Waals surface area contributed by atoms with Gasteiger partial charge in [-0.2, -0.15) is 5.26 Å². The molecule has 0 heterocycles. The number of aryl methyl sites for hydroxylation is 2. The minimum atomic E-state index is 0.253. The number of nitriles is 1. The summed E-state index contributed by atoms with van der Waals surface area (Å²) < 4.78 is 0. The maximum absolute atomic E-state index is 9.26. The molecule has 0 aliphatic heterocycles. The van der Waals surface area contributed by atoms with Crippen LogP contribution in [0.15, 0.2) is 36.4 Å². The number of rotatable bonds is 2. The maximum Gasteiger partial charge on any atom is 0.101 e. The van der Waals surface area contributed by atoms with E-state index >= 15 is 0 Å². The predicted octanol–water partition coefficient (Wildman–Crippen LogP) is 3.94. The lowest BCUT2D eigenvalue weighted by molar-refractivity contribution is 0.600. The van der Waals surface area contributed by atoms with Crippen molar-refractivity contribution in [3.05, 3.63) is 58.7 Å². The Morgan fingerprint density at radius 1 is 1.24 bits per heavy atom. The van der Waals surface area contributed by atoms with Gasteiger partial charge in [-0.15, -0.1) is 0 Å². The Kier molecular flexibility index (Phi) is 3.53. The van der Waals surface area contributed by atoms with Crippen LogP contribution < -0.4 is 11.1 Å². The molecule has 3 rings (SSSR count). The molecule has 0 aromatic heterocycles. The van der Waals surface area contributed by atoms with Crippen LogP contribution in [0, 0.1) is 18.3 Å². The molecule has 0 amide bonds. The van der Waals surface area contributed by atoms with Crippen LogP contribution in [0.3, 0.4) is 0 Å². The quantitative estimate of drug-likeness (QED) is 0.817. The standard InChI is InChI=1S/C18H19N3/c1-12-5-6-14(11-19)18(9-12)21-17-4-2-3-13-10-15(20)7-8-16(13)17/h5-10,17,21H,2-4,20H2,1H3. The Hall–Kier alpha value is -2.47. The van der Waals surface area contributed by atoms with E-state index in [9.17, 15) is 5.26 Å². The lowest BCUT2D eigenvalue weighted by atomic mass is 9.87. The number of benzene rings is 2. The molecule has 1 aliphatic rings. The fourth-order valence-electron chi connectivity index (χ4n) is 3.05. The molecule has 0 fully saturated rings. The molecule has 0 bridgehead atoms. The van der Waals surface area contributed by atoms with E-state index in [1.54, 1.807) is 0 Å². The molecular formula is C18H19N3. The molecular weight excluding hydrogens is 258 g/mol. The van der Waals surface area contributed by atoms with Crippen molar-refractivity contribution in [2.24, 2.45) is 0 Å². The van der Waals surface area contributed by atoms with E-state index in [4.69, 9.17) is 5.73 Å². The first-order valence-electron chi connectivity index (χ1n) is 7.33. The highest BCUT2D eigenvalue weighted by Crippen LogP contribution is 2.34. The van der Waals surface area contributed by atoms with E-state index in [1.807, 2.05) is 31.2 Å². The summed E-state index contributed by atoms with van der Waals surface area (Å²) in [6.45, 7) is 2.04. The molecule has 1 atom stereocenters. The molecule has 0 saturated carbocycles. The number of nitrogens with zero attached hydrogens (tertiary/aromatic N) is 1. The summed E-state index contributed by atoms with van der Waals surface area (Å²) in [6, 6.07) is 14.6. The van der Waals surface area contributed by atoms with Gasteiger partial charge in [-0.3, -0.25) is 0 Å². The second-order valence-electron chi connectivity index (χ2n) is 5.71. The van der Waals surface area contributed by atoms with E-state index in [2.05, 4.69) is 23.5 Å². The number of anilines is 2. The monoisotopic (exact) mass is 277 g/mol. The third kappa shape index (κ3) is 2.71. The summed E-state index contributed by atoms with van der Waals surface area (Å²) in [6.07, 6.45) is 3.30. The summed E-state index contributed by atoms with van der Waals surface area (Å²) in [4.78, 5) is 0. The van der Waals surface area contributed by atoms with Crippen molar-refractivity contribution in [2.45, 2.75) is 32.2 Å². The van der Waals surface area contributed by atoms with Crippen LogP contribution in [0.2, 0.25) is 0 Å². The van der Waals surface area contributed by atoms with Crippen molar-refractivity contribution in [2.75, 3.05) is 11.1 Å². The number of nitrogens with one attached hydrogen (secondary N) is 1. The fourth-order valence-corrected chi connectivity index (χ4v) is 3.05. The second-order valence-corrected chi connectivity index (χ2v) is 5.71. The van der Waals surface area contributed by atoms with Gasteiger partial charge in [-0.1, -0.05) is 12.1 Å². The number of nitrogens with two attached hydrogens (primary N) is 1. The zero-order chi connectivity index (χ0) is 14.8. The van der Waals surface area contributed by atoms with Gasteiger partial charge < -0.3 is 11.1 Å². The van der Waals surface area contributed by atoms with Gasteiger partial charge in [0.05, 0.1) is 17.3 Å². The van der Waals surface area contributed by atoms with E-state index < -0.39 is 0 Å². The van der Waals surface area contributed by atoms with Gasteiger partial charge in [0, 0.05) is 5.69 Å². The number of nitrogen functional groups attached to an aromatic ring is 1. The van der Waals surface area contributed by atoms with Crippen molar-refractivity contribution in [1.82, 2.24) is 0 Å². The minimum absolute atomic E-state index is 0.253. The van der Waals surface area contributed by atoms with Crippen molar-refractivity contribution >= 4 is 11.4 Å². The predicted molar refractivity (Wildman–Crippen MR) is 86.1 cm³/mol. The Bertz CT molecular complexity index is 713. The van der Waals surface area contributed by atoms with Crippen molar-refractivity contribution in [1.29, 1.82) is 5.26 Å². The normalized spacial score (nSPS) is 16.9. The molecule has 0 spiro atoms. The molecule has 2 aromatic rings. The van der Waals surface area contributed by atoms with Crippen LogP contribution in [-0.2, 0) is 6.42 Å². The third-order valence-corrected chi connectivity index (χ3v) is 4.11. The highest BCUT2D eigenvalue weighted by atomic mass is 14.9. The highest BCUT2D eigenvalue weighted by Gasteiger charge is 2.21. The average Bonchev–Trinajstić information content (AvgIpc) is 2.47. The zero-order valence-corrected chi connectivity index (χ0v) is 12.2. The molecule has 21 heavy (non-hydrogen) atoms. The average molecular weight is 277 g/mol. The third-order valence-electron chi connectivity index (χ3n) is 4.11. The first-order chi connectivity index (χ1) is 10.2. The van der Waals surface area contributed by atoms with Gasteiger partial charge in [0.15, 0.2) is 0 Å². The molecule has 0 radical (unpaired) electrons. The van der Waals surface area contributed by atoms with E-state index in [0.29, 0.717) is 5.56 Å². The number of hydrogen-bond acceptors (Lipinski definition) is 3. The highest BCUT2D eigenvalue weighted by molar-refractivity contribution is 5.60. The van der Waals surface area contributed by atoms with Crippen LogP contribution in [-0.4, -0.2) is 0 Å². The Morgan fingerprint density at radius 3 is 2.90 bits per heavy atom. The van der Waals surface area contributed by atoms with Crippen LogP contribution in [0.25, 0.3) is 0 Å². The minimum Gasteiger partial charge on any atom is -0.399 e. The molecule has 1 unspecified atom stereocenters. The molecule has 0 saturated heterocycles. The Labute approximate surface area is 125 Å². The van der Waals surface area contributed by atoms with E-state index in [-0.39, 0.29) is 6.04 Å². The summed E-state index contributed by atoms with van der Waals surface area (Å²) in [7, 11) is 0. The molecule has 3 N–H and O–H groups in total. The van der Waals surface area contributed by atoms with Gasteiger partial charge in [-0.05, 0) is 67.1 Å². The smallest absolute Gasteiger partial charge is 0.101 e. The van der Waals surface area contributed by atoms with Gasteiger partial charge in [0.25, 0.3) is 0 Å². The van der Waals surface area contributed by atoms with E-state index in [1.165, 1.54) is 11.1 Å². The Balaban J connectivity index is 1.94. The van der Waals surface area contributed by atoms with Crippen LogP contribution >= 0.6 is 0 Å². The Morgan fingerprint density at radius 2 is 2.10 bits per heavy atom. The first kappa shape index (κ1) is 13.5. The lowest BCUT2D eigenvalue weighted by Crippen LogP contribution is -2.18. The van der Waals surface area contributed by atoms with Crippen molar-refractivity contribution < 1.29 is 0 Å². The van der Waals surface area contributed by atoms with Crippen LogP contribution in [0.5, 0.6) is 0 Å². The van der Waals surface area contributed by atoms with Gasteiger partial charge in [-0.25, -0.2) is 0 Å². The first-order valence-corrected chi connectivity index (χ1v) is 7.33. The summed E-state index contributed by atoms with van der Waals surface area (Å²) in [5.41, 5.74) is 12.1. The largest absolute Gasteiger partial charge is 0.399 e. The van der Waals surface area contributed by atoms with Gasteiger partial charge >= 0.3 is 0 Å². The van der Waals surface area contributed by atoms with Gasteiger partial charge in [0.2, 0.25) is 0 Å². The SMILES string of the molecule is Cc1ccc(C#N)c(NC2CCCc3cc(N)ccc32)c1. The van der Waals surface area contributed by atoms with Gasteiger partial charge in [0.1, 0.15) is 6.07 Å². The topological polar surface area (TPSA) is 61.8 Å².